The first-order chi connectivity index (χ1) is 10.3. The van der Waals surface area contributed by atoms with Gasteiger partial charge in [0.1, 0.15) is 0 Å². The van der Waals surface area contributed by atoms with E-state index in [4.69, 9.17) is 4.55 Å². The molecule has 132 valence electrons. The molecule has 0 rings (SSSR count). The minimum absolute atomic E-state index is 0.481. The average molecular weight is 336 g/mol. The summed E-state index contributed by atoms with van der Waals surface area (Å²) in [6, 6.07) is 0. The number of rotatable bonds is 12. The van der Waals surface area contributed by atoms with Crippen molar-refractivity contribution in [1.29, 1.82) is 0 Å². The van der Waals surface area contributed by atoms with Gasteiger partial charge >= 0.3 is 0 Å². The summed E-state index contributed by atoms with van der Waals surface area (Å²) in [7, 11) is -3.82. The van der Waals surface area contributed by atoms with Gasteiger partial charge in [-0.1, -0.05) is 71.8 Å². The van der Waals surface area contributed by atoms with Crippen LogP contribution in [0.25, 0.3) is 0 Å². The van der Waals surface area contributed by atoms with Crippen molar-refractivity contribution in [3.05, 3.63) is 12.7 Å². The molecule has 0 bridgehead atoms. The van der Waals surface area contributed by atoms with Crippen molar-refractivity contribution < 1.29 is 17.8 Å². The zero-order chi connectivity index (χ0) is 17.4. The predicted molar refractivity (Wildman–Crippen MR) is 92.2 cm³/mol. The Balaban J connectivity index is 0. The lowest BCUT2D eigenvalue weighted by atomic mass is 10.1. The van der Waals surface area contributed by atoms with Crippen LogP contribution in [0.2, 0.25) is 0 Å². The minimum Gasteiger partial charge on any atom is -0.366 e. The third-order valence-corrected chi connectivity index (χ3v) is 4.87. The van der Waals surface area contributed by atoms with Crippen LogP contribution in [-0.2, 0) is 14.9 Å². The van der Waals surface area contributed by atoms with Crippen LogP contribution >= 0.6 is 0 Å². The molecular weight excluding hydrogens is 302 g/mol. The molecule has 0 fully saturated rings. The van der Waals surface area contributed by atoms with Gasteiger partial charge < -0.3 is 5.73 Å². The SMILES string of the molecule is C=CC(N)=O.CCCCCCCCCCC(CC)S(=O)(=O)O. The molecule has 0 saturated heterocycles. The Morgan fingerprint density at radius 3 is 1.82 bits per heavy atom. The summed E-state index contributed by atoms with van der Waals surface area (Å²) < 4.78 is 30.9. The molecule has 22 heavy (non-hydrogen) atoms. The van der Waals surface area contributed by atoms with Crippen LogP contribution < -0.4 is 5.73 Å². The second-order valence-corrected chi connectivity index (χ2v) is 7.11. The first-order valence-electron chi connectivity index (χ1n) is 8.17. The average Bonchev–Trinajstić information content (AvgIpc) is 2.45. The number of carbonyl (C=O) groups excluding carboxylic acids is 1. The predicted octanol–water partition coefficient (Wildman–Crippen LogP) is 3.84. The van der Waals surface area contributed by atoms with Gasteiger partial charge in [-0.15, -0.1) is 0 Å². The van der Waals surface area contributed by atoms with E-state index in [9.17, 15) is 13.2 Å². The molecule has 5 nitrogen and oxygen atoms in total. The highest BCUT2D eigenvalue weighted by Gasteiger charge is 2.19. The fourth-order valence-corrected chi connectivity index (χ4v) is 2.96. The molecule has 0 aromatic heterocycles. The number of hydrogen-bond donors (Lipinski definition) is 2. The van der Waals surface area contributed by atoms with Gasteiger partial charge in [0, 0.05) is 0 Å². The maximum absolute atomic E-state index is 11.0. The van der Waals surface area contributed by atoms with Crippen molar-refractivity contribution in [2.75, 3.05) is 0 Å². The number of unbranched alkanes of at least 4 members (excludes halogenated alkanes) is 7. The van der Waals surface area contributed by atoms with E-state index in [-0.39, 0.29) is 0 Å². The largest absolute Gasteiger partial charge is 0.366 e. The number of nitrogens with two attached hydrogens (primary N) is 1. The van der Waals surface area contributed by atoms with Crippen molar-refractivity contribution in [2.45, 2.75) is 83.3 Å². The first-order valence-corrected chi connectivity index (χ1v) is 9.68. The van der Waals surface area contributed by atoms with Crippen molar-refractivity contribution in [3.63, 3.8) is 0 Å². The van der Waals surface area contributed by atoms with Crippen molar-refractivity contribution in [2.24, 2.45) is 5.73 Å². The van der Waals surface area contributed by atoms with Gasteiger partial charge in [-0.25, -0.2) is 0 Å². The lowest BCUT2D eigenvalue weighted by Gasteiger charge is -2.10. The van der Waals surface area contributed by atoms with Crippen molar-refractivity contribution in [3.8, 4) is 0 Å². The molecule has 1 unspecified atom stereocenters. The molecule has 0 spiro atoms. The number of primary amides is 1. The number of carbonyl (C=O) groups is 1. The van der Waals surface area contributed by atoms with E-state index in [1.54, 1.807) is 0 Å². The van der Waals surface area contributed by atoms with Gasteiger partial charge in [0.2, 0.25) is 5.91 Å². The van der Waals surface area contributed by atoms with E-state index < -0.39 is 21.3 Å². The summed E-state index contributed by atoms with van der Waals surface area (Å²) in [5, 5.41) is -0.553. The zero-order valence-corrected chi connectivity index (χ0v) is 14.9. The van der Waals surface area contributed by atoms with E-state index in [1.165, 1.54) is 38.5 Å². The lowest BCUT2D eigenvalue weighted by molar-refractivity contribution is -0.113. The Morgan fingerprint density at radius 1 is 1.09 bits per heavy atom. The summed E-state index contributed by atoms with van der Waals surface area (Å²) in [4.78, 5) is 9.47. The monoisotopic (exact) mass is 335 g/mol. The Morgan fingerprint density at radius 2 is 1.50 bits per heavy atom. The fourth-order valence-electron chi connectivity index (χ4n) is 2.07. The third-order valence-electron chi connectivity index (χ3n) is 3.46. The van der Waals surface area contributed by atoms with Gasteiger partial charge in [-0.3, -0.25) is 9.35 Å². The summed E-state index contributed by atoms with van der Waals surface area (Å²) in [5.41, 5.74) is 4.53. The Kier molecular flexibility index (Phi) is 16.0. The standard InChI is InChI=1S/C13H28O3S.C3H5NO/c1-3-5-6-7-8-9-10-11-12-13(4-2)17(14,15)16;1-2-3(4)5/h13H,3-12H2,1-2H3,(H,14,15,16);2H,1H2,(H2,4,5). The van der Waals surface area contributed by atoms with E-state index in [0.29, 0.717) is 12.8 Å². The number of amides is 1. The molecule has 1 amide bonds. The zero-order valence-electron chi connectivity index (χ0n) is 14.1. The molecular formula is C16H33NO4S. The van der Waals surface area contributed by atoms with Gasteiger partial charge in [0.15, 0.2) is 0 Å². The van der Waals surface area contributed by atoms with Crippen molar-refractivity contribution in [1.82, 2.24) is 0 Å². The van der Waals surface area contributed by atoms with E-state index in [1.807, 2.05) is 6.92 Å². The second-order valence-electron chi connectivity index (χ2n) is 5.42. The molecule has 0 aliphatic heterocycles. The van der Waals surface area contributed by atoms with Crippen molar-refractivity contribution >= 4 is 16.0 Å². The van der Waals surface area contributed by atoms with E-state index in [2.05, 4.69) is 19.2 Å². The van der Waals surface area contributed by atoms with E-state index >= 15 is 0 Å². The Bertz CT molecular complexity index is 380. The lowest BCUT2D eigenvalue weighted by Crippen LogP contribution is -2.19. The molecule has 0 aromatic rings. The van der Waals surface area contributed by atoms with Crippen LogP contribution in [0.3, 0.4) is 0 Å². The second kappa shape index (κ2) is 15.0. The normalized spacial score (nSPS) is 12.1. The summed E-state index contributed by atoms with van der Waals surface area (Å²) in [6.45, 7) is 7.10. The molecule has 0 radical (unpaired) electrons. The molecule has 0 aliphatic rings. The molecule has 0 aromatic carbocycles. The molecule has 3 N–H and O–H groups in total. The smallest absolute Gasteiger partial charge is 0.267 e. The van der Waals surface area contributed by atoms with Crippen LogP contribution in [-0.4, -0.2) is 24.1 Å². The molecule has 0 aliphatic carbocycles. The van der Waals surface area contributed by atoms with E-state index in [0.717, 1.165) is 18.9 Å². The maximum Gasteiger partial charge on any atom is 0.267 e. The topological polar surface area (TPSA) is 97.5 Å². The van der Waals surface area contributed by atoms with Crippen LogP contribution in [0.4, 0.5) is 0 Å². The van der Waals surface area contributed by atoms with Crippen LogP contribution in [0.5, 0.6) is 0 Å². The summed E-state index contributed by atoms with van der Waals surface area (Å²) in [5.74, 6) is -0.481. The molecule has 0 heterocycles. The Hall–Kier alpha value is -0.880. The minimum atomic E-state index is -3.82. The molecule has 0 saturated carbocycles. The van der Waals surface area contributed by atoms with Crippen LogP contribution in [0, 0.1) is 0 Å². The van der Waals surface area contributed by atoms with Crippen LogP contribution in [0.15, 0.2) is 12.7 Å². The maximum atomic E-state index is 11.0. The van der Waals surface area contributed by atoms with Gasteiger partial charge in [-0.05, 0) is 18.9 Å². The molecule has 6 heteroatoms. The highest BCUT2D eigenvalue weighted by molar-refractivity contribution is 7.86. The number of hydrogen-bond acceptors (Lipinski definition) is 3. The summed E-state index contributed by atoms with van der Waals surface area (Å²) in [6.07, 6.45) is 11.8. The quantitative estimate of drug-likeness (QED) is 0.321. The fraction of sp³-hybridized carbons (Fsp3) is 0.812. The van der Waals surface area contributed by atoms with Crippen LogP contribution in [0.1, 0.15) is 78.1 Å². The molecule has 1 atom stereocenters. The van der Waals surface area contributed by atoms with Gasteiger partial charge in [-0.2, -0.15) is 8.42 Å². The highest BCUT2D eigenvalue weighted by atomic mass is 32.2. The van der Waals surface area contributed by atoms with Gasteiger partial charge in [0.05, 0.1) is 5.25 Å². The first kappa shape index (κ1) is 23.4. The summed E-state index contributed by atoms with van der Waals surface area (Å²) >= 11 is 0. The third kappa shape index (κ3) is 17.2. The van der Waals surface area contributed by atoms with Gasteiger partial charge in [0.25, 0.3) is 10.1 Å². The highest BCUT2D eigenvalue weighted by Crippen LogP contribution is 2.15. The Labute approximate surface area is 136 Å².